The van der Waals surface area contributed by atoms with Gasteiger partial charge in [-0.25, -0.2) is 4.79 Å². The van der Waals surface area contributed by atoms with E-state index in [-0.39, 0.29) is 18.1 Å². The number of carbonyl (C=O) groups is 1. The van der Waals surface area contributed by atoms with Gasteiger partial charge in [0.1, 0.15) is 5.75 Å². The highest BCUT2D eigenvalue weighted by Crippen LogP contribution is 2.31. The van der Waals surface area contributed by atoms with Crippen LogP contribution in [0.25, 0.3) is 10.9 Å². The molecular weight excluding hydrogens is 458 g/mol. The number of fused-ring (bicyclic) bond motifs is 1. The summed E-state index contributed by atoms with van der Waals surface area (Å²) in [7, 11) is 4.69. The van der Waals surface area contributed by atoms with Crippen molar-refractivity contribution in [1.82, 2.24) is 9.88 Å². The maximum Gasteiger partial charge on any atom is 0.322 e. The third-order valence-corrected chi connectivity index (χ3v) is 5.93. The quantitative estimate of drug-likeness (QED) is 0.353. The number of pyridine rings is 1. The highest BCUT2D eigenvalue weighted by molar-refractivity contribution is 5.89. The Morgan fingerprint density at radius 3 is 2.25 bits per heavy atom. The Morgan fingerprint density at radius 2 is 1.58 bits per heavy atom. The van der Waals surface area contributed by atoms with Crippen LogP contribution in [0.15, 0.2) is 77.6 Å². The third-order valence-electron chi connectivity index (χ3n) is 5.93. The Balaban J connectivity index is 1.61. The van der Waals surface area contributed by atoms with E-state index in [2.05, 4.69) is 10.3 Å². The number of nitrogens with zero attached hydrogens (tertiary/aromatic N) is 1. The first-order valence-corrected chi connectivity index (χ1v) is 11.5. The van der Waals surface area contributed by atoms with Crippen molar-refractivity contribution in [2.45, 2.75) is 13.0 Å². The largest absolute Gasteiger partial charge is 0.497 e. The van der Waals surface area contributed by atoms with E-state index in [1.807, 2.05) is 30.3 Å². The van der Waals surface area contributed by atoms with Gasteiger partial charge in [0.05, 0.1) is 33.4 Å². The number of benzene rings is 3. The molecular formula is C28H29N3O5. The van der Waals surface area contributed by atoms with Crippen LogP contribution in [0, 0.1) is 0 Å². The van der Waals surface area contributed by atoms with Crippen molar-refractivity contribution in [2.24, 2.45) is 0 Å². The zero-order valence-electron chi connectivity index (χ0n) is 20.5. The Bertz CT molecular complexity index is 1380. The monoisotopic (exact) mass is 487 g/mol. The summed E-state index contributed by atoms with van der Waals surface area (Å²) < 4.78 is 15.9. The van der Waals surface area contributed by atoms with Crippen LogP contribution in [-0.2, 0) is 13.0 Å². The normalized spacial score (nSPS) is 10.6. The highest BCUT2D eigenvalue weighted by Gasteiger charge is 2.17. The number of aromatic amines is 1. The number of aromatic nitrogens is 1. The van der Waals surface area contributed by atoms with Gasteiger partial charge in [-0.05, 0) is 48.4 Å². The van der Waals surface area contributed by atoms with E-state index in [4.69, 9.17) is 14.2 Å². The molecule has 0 atom stereocenters. The number of nitrogens with one attached hydrogen (secondary N) is 2. The Labute approximate surface area is 209 Å². The Hall–Kier alpha value is -4.46. The van der Waals surface area contributed by atoms with E-state index in [0.29, 0.717) is 47.0 Å². The molecule has 3 aromatic carbocycles. The molecule has 0 unspecified atom stereocenters. The molecule has 36 heavy (non-hydrogen) atoms. The van der Waals surface area contributed by atoms with Crippen LogP contribution in [-0.4, -0.2) is 43.8 Å². The second kappa shape index (κ2) is 11.3. The first kappa shape index (κ1) is 24.7. The van der Waals surface area contributed by atoms with Gasteiger partial charge in [0.25, 0.3) is 5.56 Å². The standard InChI is InChI=1S/C28H29N3O5/c1-34-23-11-9-22(10-12-23)29-28(33)31(14-13-19-7-5-4-6-8-19)18-21-15-20-16-25(35-2)26(36-3)17-24(20)30-27(21)32/h4-12,15-17H,13-14,18H2,1-3H3,(H,29,33)(H,30,32). The lowest BCUT2D eigenvalue weighted by molar-refractivity contribution is 0.209. The van der Waals surface area contributed by atoms with Crippen LogP contribution in [0.5, 0.6) is 17.2 Å². The molecule has 0 spiro atoms. The highest BCUT2D eigenvalue weighted by atomic mass is 16.5. The van der Waals surface area contributed by atoms with Crippen LogP contribution >= 0.6 is 0 Å². The molecule has 0 saturated heterocycles. The maximum atomic E-state index is 13.3. The Kier molecular flexibility index (Phi) is 7.75. The van der Waals surface area contributed by atoms with Gasteiger partial charge >= 0.3 is 6.03 Å². The van der Waals surface area contributed by atoms with E-state index in [1.165, 1.54) is 0 Å². The molecule has 0 saturated carbocycles. The van der Waals surface area contributed by atoms with Crippen LogP contribution in [0.3, 0.4) is 0 Å². The fourth-order valence-electron chi connectivity index (χ4n) is 3.94. The number of anilines is 1. The average Bonchev–Trinajstić information content (AvgIpc) is 2.91. The lowest BCUT2D eigenvalue weighted by Crippen LogP contribution is -2.37. The molecule has 4 aromatic rings. The van der Waals surface area contributed by atoms with Crippen molar-refractivity contribution in [3.63, 3.8) is 0 Å². The summed E-state index contributed by atoms with van der Waals surface area (Å²) in [6.45, 7) is 0.559. The average molecular weight is 488 g/mol. The van der Waals surface area contributed by atoms with Gasteiger partial charge in [0.2, 0.25) is 0 Å². The molecule has 2 amide bonds. The summed E-state index contributed by atoms with van der Waals surface area (Å²) in [6, 6.07) is 22.0. The summed E-state index contributed by atoms with van der Waals surface area (Å²) >= 11 is 0. The number of urea groups is 1. The molecule has 0 aliphatic carbocycles. The number of hydrogen-bond donors (Lipinski definition) is 2. The first-order valence-electron chi connectivity index (χ1n) is 11.5. The Morgan fingerprint density at radius 1 is 0.889 bits per heavy atom. The van der Waals surface area contributed by atoms with Gasteiger partial charge in [-0.2, -0.15) is 0 Å². The molecule has 4 rings (SSSR count). The van der Waals surface area contributed by atoms with Crippen LogP contribution < -0.4 is 25.1 Å². The summed E-state index contributed by atoms with van der Waals surface area (Å²) in [5.74, 6) is 1.78. The zero-order valence-corrected chi connectivity index (χ0v) is 20.5. The number of hydrogen-bond acceptors (Lipinski definition) is 5. The molecule has 1 aromatic heterocycles. The summed E-state index contributed by atoms with van der Waals surface area (Å²) in [6.07, 6.45) is 0.646. The van der Waals surface area contributed by atoms with Crippen LogP contribution in [0.1, 0.15) is 11.1 Å². The molecule has 8 nitrogen and oxygen atoms in total. The minimum Gasteiger partial charge on any atom is -0.497 e. The molecule has 0 aliphatic rings. The van der Waals surface area contributed by atoms with Crippen molar-refractivity contribution in [1.29, 1.82) is 0 Å². The van der Waals surface area contributed by atoms with Crippen molar-refractivity contribution in [3.8, 4) is 17.2 Å². The predicted octanol–water partition coefficient (Wildman–Crippen LogP) is 4.83. The zero-order chi connectivity index (χ0) is 25.5. The van der Waals surface area contributed by atoms with E-state index in [1.54, 1.807) is 68.7 Å². The molecule has 1 heterocycles. The van der Waals surface area contributed by atoms with E-state index in [9.17, 15) is 9.59 Å². The van der Waals surface area contributed by atoms with Gasteiger partial charge in [0, 0.05) is 29.2 Å². The van der Waals surface area contributed by atoms with Crippen LogP contribution in [0.2, 0.25) is 0 Å². The minimum absolute atomic E-state index is 0.133. The smallest absolute Gasteiger partial charge is 0.322 e. The molecule has 0 radical (unpaired) electrons. The third kappa shape index (κ3) is 5.78. The first-order chi connectivity index (χ1) is 17.5. The number of H-pyrrole nitrogens is 1. The SMILES string of the molecule is COc1ccc(NC(=O)N(CCc2ccccc2)Cc2cc3cc(OC)c(OC)cc3[nH]c2=O)cc1. The molecule has 186 valence electrons. The molecule has 8 heteroatoms. The molecule has 0 bridgehead atoms. The lowest BCUT2D eigenvalue weighted by atomic mass is 10.1. The minimum atomic E-state index is -0.303. The van der Waals surface area contributed by atoms with Crippen LogP contribution in [0.4, 0.5) is 10.5 Å². The second-order valence-corrected chi connectivity index (χ2v) is 8.23. The lowest BCUT2D eigenvalue weighted by Gasteiger charge is -2.23. The van der Waals surface area contributed by atoms with Crippen molar-refractivity contribution < 1.29 is 19.0 Å². The fourth-order valence-corrected chi connectivity index (χ4v) is 3.94. The second-order valence-electron chi connectivity index (χ2n) is 8.23. The number of rotatable bonds is 9. The predicted molar refractivity (Wildman–Crippen MR) is 140 cm³/mol. The van der Waals surface area contributed by atoms with Gasteiger partial charge in [-0.1, -0.05) is 30.3 Å². The summed E-state index contributed by atoms with van der Waals surface area (Å²) in [5, 5.41) is 3.70. The number of methoxy groups -OCH3 is 3. The summed E-state index contributed by atoms with van der Waals surface area (Å²) in [4.78, 5) is 30.8. The topological polar surface area (TPSA) is 92.9 Å². The number of amides is 2. The molecule has 2 N–H and O–H groups in total. The van der Waals surface area contributed by atoms with Gasteiger partial charge in [-0.3, -0.25) is 4.79 Å². The maximum absolute atomic E-state index is 13.3. The number of carbonyl (C=O) groups excluding carboxylic acids is 1. The van der Waals surface area contributed by atoms with E-state index >= 15 is 0 Å². The van der Waals surface area contributed by atoms with E-state index < -0.39 is 0 Å². The van der Waals surface area contributed by atoms with Crippen molar-refractivity contribution in [2.75, 3.05) is 33.2 Å². The fraction of sp³-hybridized carbons (Fsp3) is 0.214. The van der Waals surface area contributed by atoms with E-state index in [0.717, 1.165) is 10.9 Å². The molecule has 0 fully saturated rings. The number of ether oxygens (including phenoxy) is 3. The summed E-state index contributed by atoms with van der Waals surface area (Å²) in [5.41, 5.74) is 2.56. The van der Waals surface area contributed by atoms with Gasteiger partial charge in [-0.15, -0.1) is 0 Å². The van der Waals surface area contributed by atoms with Crippen molar-refractivity contribution in [3.05, 3.63) is 94.3 Å². The molecule has 0 aliphatic heterocycles. The van der Waals surface area contributed by atoms with Crippen molar-refractivity contribution >= 4 is 22.6 Å². The van der Waals surface area contributed by atoms with Gasteiger partial charge in [0.15, 0.2) is 11.5 Å². The van der Waals surface area contributed by atoms with Gasteiger partial charge < -0.3 is 29.4 Å².